The van der Waals surface area contributed by atoms with Gasteiger partial charge in [0.2, 0.25) is 0 Å². The number of esters is 1. The molecule has 8 heteroatoms. The number of benzene rings is 1. The molecule has 5 nitrogen and oxygen atoms in total. The number of hydrogen-bond acceptors (Lipinski definition) is 5. The van der Waals surface area contributed by atoms with Crippen molar-refractivity contribution in [1.29, 1.82) is 0 Å². The van der Waals surface area contributed by atoms with Crippen LogP contribution < -0.4 is 9.79 Å². The summed E-state index contributed by atoms with van der Waals surface area (Å²) < 4.78 is 42.0. The Morgan fingerprint density at radius 2 is 2.10 bits per heavy atom. The van der Waals surface area contributed by atoms with Gasteiger partial charge in [-0.1, -0.05) is 30.9 Å². The fourth-order valence-electron chi connectivity index (χ4n) is 1.34. The van der Waals surface area contributed by atoms with Crippen molar-refractivity contribution >= 4 is 19.6 Å². The van der Waals surface area contributed by atoms with Crippen molar-refractivity contribution in [3.05, 3.63) is 54.1 Å². The molecular weight excluding hydrogens is 305 g/mol. The van der Waals surface area contributed by atoms with Crippen LogP contribution in [0.1, 0.15) is 11.1 Å². The van der Waals surface area contributed by atoms with E-state index >= 15 is 0 Å². The molecule has 0 fully saturated rings. The monoisotopic (exact) mass is 316 g/mol. The number of ether oxygens (including phenoxy) is 1. The van der Waals surface area contributed by atoms with Gasteiger partial charge in [0.05, 0.1) is 0 Å². The summed E-state index contributed by atoms with van der Waals surface area (Å²) in [5, 5.41) is 0. The second-order valence-corrected chi connectivity index (χ2v) is 5.47. The van der Waals surface area contributed by atoms with E-state index in [2.05, 4.69) is 11.3 Å². The Morgan fingerprint density at radius 3 is 2.67 bits per heavy atom. The molecule has 0 aliphatic carbocycles. The fourth-order valence-corrected chi connectivity index (χ4v) is 1.80. The lowest BCUT2D eigenvalue weighted by Gasteiger charge is -2.37. The number of rotatable bonds is 6. The first-order chi connectivity index (χ1) is 9.68. The van der Waals surface area contributed by atoms with Crippen molar-refractivity contribution in [1.82, 2.24) is 0 Å². The Morgan fingerprint density at radius 1 is 1.43 bits per heavy atom. The van der Waals surface area contributed by atoms with Crippen LogP contribution in [0.2, 0.25) is 0 Å². The average Bonchev–Trinajstić information content (AvgIpc) is 2.42. The second kappa shape index (κ2) is 6.76. The molecule has 0 unspecified atom stereocenters. The third kappa shape index (κ3) is 4.60. The van der Waals surface area contributed by atoms with Gasteiger partial charge in [0.1, 0.15) is 6.61 Å². The van der Waals surface area contributed by atoms with E-state index in [0.717, 1.165) is 30.4 Å². The lowest BCUT2D eigenvalue weighted by molar-refractivity contribution is -0.335. The highest BCUT2D eigenvalue weighted by atomic mass is 31.2. The summed E-state index contributed by atoms with van der Waals surface area (Å²) in [6.45, 7) is 3.34. The highest BCUT2D eigenvalue weighted by Crippen LogP contribution is 2.53. The van der Waals surface area contributed by atoms with Gasteiger partial charge in [-0.15, -0.1) is 0 Å². The minimum atomic E-state index is -6.12. The van der Waals surface area contributed by atoms with Crippen LogP contribution in [0.15, 0.2) is 43.0 Å². The first kappa shape index (κ1) is 17.2. The summed E-state index contributed by atoms with van der Waals surface area (Å²) in [7, 11) is -6.12. The zero-order valence-electron chi connectivity index (χ0n) is 10.7. The summed E-state index contributed by atoms with van der Waals surface area (Å²) in [6, 6.07) is 4.13. The predicted molar refractivity (Wildman–Crippen MR) is 68.1 cm³/mol. The van der Waals surface area contributed by atoms with Gasteiger partial charge in [-0.05, 0) is 17.7 Å². The minimum Gasteiger partial charge on any atom is -0.806 e. The molecule has 0 aromatic heterocycles. The Balaban J connectivity index is 2.97. The van der Waals surface area contributed by atoms with E-state index in [0.29, 0.717) is 0 Å². The van der Waals surface area contributed by atoms with Gasteiger partial charge in [-0.25, -0.2) is 4.79 Å². The van der Waals surface area contributed by atoms with Crippen molar-refractivity contribution < 1.29 is 32.7 Å². The van der Waals surface area contributed by atoms with E-state index in [1.54, 1.807) is 0 Å². The molecule has 0 aliphatic heterocycles. The summed E-state index contributed by atoms with van der Waals surface area (Å²) in [5.41, 5.74) is -5.35. The van der Waals surface area contributed by atoms with Crippen molar-refractivity contribution in [2.45, 2.75) is 5.66 Å². The minimum absolute atomic E-state index is 0.00315. The van der Waals surface area contributed by atoms with Gasteiger partial charge in [0.25, 0.3) is 5.66 Å². The maximum absolute atomic E-state index is 13.4. The van der Waals surface area contributed by atoms with Gasteiger partial charge >= 0.3 is 5.97 Å². The Labute approximate surface area is 119 Å². The topological polar surface area (TPSA) is 89.5 Å². The summed E-state index contributed by atoms with van der Waals surface area (Å²) in [5.74, 6) is -0.717. The molecule has 0 saturated heterocycles. The second-order valence-electron chi connectivity index (χ2n) is 3.92. The zero-order valence-corrected chi connectivity index (χ0v) is 11.6. The zero-order chi connectivity index (χ0) is 16.1. The molecule has 0 atom stereocenters. The third-order valence-electron chi connectivity index (χ3n) is 2.33. The number of carbonyl (C=O) groups is 1. The smallest absolute Gasteiger partial charge is 0.331 e. The lowest BCUT2D eigenvalue weighted by atomic mass is 10.1. The fraction of sp³-hybridized carbons (Fsp3) is 0.154. The van der Waals surface area contributed by atoms with E-state index in [1.807, 2.05) is 0 Å². The predicted octanol–water partition coefficient (Wildman–Crippen LogP) is 1.39. The molecule has 0 N–H and O–H groups in total. The molecule has 1 aromatic rings. The molecule has 21 heavy (non-hydrogen) atoms. The van der Waals surface area contributed by atoms with Crippen molar-refractivity contribution in [3.8, 4) is 0 Å². The van der Waals surface area contributed by atoms with Crippen LogP contribution in [-0.4, -0.2) is 12.6 Å². The average molecular weight is 316 g/mol. The molecule has 0 bridgehead atoms. The molecule has 0 spiro atoms. The lowest BCUT2D eigenvalue weighted by Crippen LogP contribution is -2.29. The van der Waals surface area contributed by atoms with Crippen LogP contribution in [0.25, 0.3) is 6.08 Å². The van der Waals surface area contributed by atoms with Crippen LogP contribution in [0.3, 0.4) is 0 Å². The van der Waals surface area contributed by atoms with E-state index < -0.39 is 24.8 Å². The number of alkyl halides is 2. The highest BCUT2D eigenvalue weighted by molar-refractivity contribution is 7.49. The molecule has 1 aromatic carbocycles. The Hall–Kier alpha value is -1.82. The van der Waals surface area contributed by atoms with Crippen molar-refractivity contribution in [2.24, 2.45) is 0 Å². The summed E-state index contributed by atoms with van der Waals surface area (Å²) in [6.07, 6.45) is 3.49. The van der Waals surface area contributed by atoms with Crippen LogP contribution in [0, 0.1) is 0 Å². The van der Waals surface area contributed by atoms with Gasteiger partial charge in [-0.2, -0.15) is 8.78 Å². The standard InChI is InChI=1S/C13H13F2O5P/c1-2-8-20-12(16)7-6-10-4-3-5-11(9-10)13(14,15)21(17,18)19/h2-7,9H,1,8H2,(H2,17,18,19)/p-2/b7-6-. The molecule has 114 valence electrons. The number of carbonyl (C=O) groups excluding carboxylic acids is 1. The molecule has 0 heterocycles. The normalized spacial score (nSPS) is 12.4. The Bertz CT molecular complexity index is 606. The molecule has 0 radical (unpaired) electrons. The number of hydrogen-bond donors (Lipinski definition) is 0. The van der Waals surface area contributed by atoms with E-state index in [-0.39, 0.29) is 12.2 Å². The SMILES string of the molecule is C=CCOC(=O)/C=C\c1cccc(C(F)(F)P(=O)([O-])[O-])c1. The quantitative estimate of drug-likeness (QED) is 0.342. The van der Waals surface area contributed by atoms with E-state index in [1.165, 1.54) is 12.1 Å². The summed E-state index contributed by atoms with van der Waals surface area (Å²) >= 11 is 0. The van der Waals surface area contributed by atoms with Crippen LogP contribution in [0.5, 0.6) is 0 Å². The first-order valence-corrected chi connectivity index (χ1v) is 7.19. The van der Waals surface area contributed by atoms with Crippen molar-refractivity contribution in [3.63, 3.8) is 0 Å². The van der Waals surface area contributed by atoms with Crippen LogP contribution in [-0.2, 0) is 19.8 Å². The van der Waals surface area contributed by atoms with Gasteiger partial charge in [0, 0.05) is 19.2 Å². The largest absolute Gasteiger partial charge is 0.806 e. The summed E-state index contributed by atoms with van der Waals surface area (Å²) in [4.78, 5) is 32.3. The van der Waals surface area contributed by atoms with Gasteiger partial charge in [0.15, 0.2) is 0 Å². The third-order valence-corrected chi connectivity index (χ3v) is 3.28. The van der Waals surface area contributed by atoms with Gasteiger partial charge < -0.3 is 19.1 Å². The number of halogens is 2. The Kier molecular flexibility index (Phi) is 5.54. The van der Waals surface area contributed by atoms with Crippen LogP contribution in [0.4, 0.5) is 8.78 Å². The molecule has 0 amide bonds. The van der Waals surface area contributed by atoms with Crippen molar-refractivity contribution in [2.75, 3.05) is 6.61 Å². The first-order valence-electron chi connectivity index (χ1n) is 5.64. The maximum Gasteiger partial charge on any atom is 0.331 e. The highest BCUT2D eigenvalue weighted by Gasteiger charge is 2.35. The van der Waals surface area contributed by atoms with E-state index in [4.69, 9.17) is 0 Å². The van der Waals surface area contributed by atoms with Crippen LogP contribution >= 0.6 is 7.60 Å². The molecule has 0 aliphatic rings. The molecule has 1 rings (SSSR count). The molecule has 0 saturated carbocycles. The van der Waals surface area contributed by atoms with Gasteiger partial charge in [-0.3, -0.25) is 0 Å². The molecular formula is C13H11F2O5P-2. The maximum atomic E-state index is 13.4. The van der Waals surface area contributed by atoms with E-state index in [9.17, 15) is 27.9 Å².